The second kappa shape index (κ2) is 12.4. The fourth-order valence-electron chi connectivity index (χ4n) is 3.67. The molecule has 1 aromatic carbocycles. The average Bonchev–Trinajstić information content (AvgIpc) is 3.24. The monoisotopic (exact) mass is 565 g/mol. The van der Waals surface area contributed by atoms with Crippen molar-refractivity contribution in [3.63, 3.8) is 0 Å². The van der Waals surface area contributed by atoms with Gasteiger partial charge in [0.2, 0.25) is 0 Å². The van der Waals surface area contributed by atoms with Gasteiger partial charge >= 0.3 is 0 Å². The zero-order chi connectivity index (χ0) is 28.0. The van der Waals surface area contributed by atoms with Crippen molar-refractivity contribution in [2.75, 3.05) is 13.7 Å². The number of nitrogens with zero attached hydrogens (tertiary/aromatic N) is 3. The average molecular weight is 566 g/mol. The summed E-state index contributed by atoms with van der Waals surface area (Å²) in [5, 5.41) is 16.0. The highest BCUT2D eigenvalue weighted by molar-refractivity contribution is 7.87. The van der Waals surface area contributed by atoms with Crippen molar-refractivity contribution in [3.05, 3.63) is 74.7 Å². The molecule has 3 rings (SSSR count). The lowest BCUT2D eigenvalue weighted by molar-refractivity contribution is -0.141. The topological polar surface area (TPSA) is 165 Å². The van der Waals surface area contributed by atoms with E-state index in [2.05, 4.69) is 9.97 Å². The largest absolute Gasteiger partial charge is 0.495 e. The quantitative estimate of drug-likeness (QED) is 0.317. The number of aromatic nitrogens is 2. The van der Waals surface area contributed by atoms with Crippen molar-refractivity contribution in [2.24, 2.45) is 5.14 Å². The molecule has 0 bridgehead atoms. The molecule has 204 valence electrons. The molecule has 1 atom stereocenters. The molecule has 2 heterocycles. The summed E-state index contributed by atoms with van der Waals surface area (Å²) in [4.78, 5) is 35.6. The molecule has 2 amide bonds. The third-order valence-electron chi connectivity index (χ3n) is 5.58. The highest BCUT2D eigenvalue weighted by Crippen LogP contribution is 2.23. The number of rotatable bonds is 11. The molecule has 3 aromatic rings. The van der Waals surface area contributed by atoms with Gasteiger partial charge in [0.15, 0.2) is 6.10 Å². The normalized spacial score (nSPS) is 12.2. The van der Waals surface area contributed by atoms with Crippen LogP contribution in [0, 0.1) is 19.7 Å². The predicted molar refractivity (Wildman–Crippen MR) is 138 cm³/mol. The SMILES string of the molecule is COc1ccc([C@@H](O)C(=O)N(CCCc2cccc(C)c2F)Cc2nc(C(=O)NS(N)(=O)=O)c(C)s2)nc1. The molecular weight excluding hydrogens is 537 g/mol. The lowest BCUT2D eigenvalue weighted by Gasteiger charge is -2.24. The standard InChI is InChI=1S/C24H28FN5O6S2/c1-14-6-4-7-16(20(14)25)8-5-11-30(24(33)22(31)18-10-9-17(36-3)12-27-18)13-19-28-21(15(2)37-19)23(32)29-38(26,34)35/h4,6-7,9-10,12,22,31H,5,8,11,13H2,1-3H3,(H,29,32)(H2,26,34,35)/t22-/m1/s1. The summed E-state index contributed by atoms with van der Waals surface area (Å²) in [5.74, 6) is -1.53. The number of aliphatic hydroxyl groups is 1. The van der Waals surface area contributed by atoms with Crippen LogP contribution in [0.25, 0.3) is 0 Å². The molecule has 0 spiro atoms. The Morgan fingerprint density at radius 1 is 1.26 bits per heavy atom. The molecule has 0 unspecified atom stereocenters. The number of benzene rings is 1. The number of aliphatic hydroxyl groups excluding tert-OH is 1. The Balaban J connectivity index is 1.82. The van der Waals surface area contributed by atoms with E-state index in [1.165, 1.54) is 24.3 Å². The van der Waals surface area contributed by atoms with Gasteiger partial charge < -0.3 is 14.7 Å². The molecule has 0 saturated heterocycles. The first-order valence-electron chi connectivity index (χ1n) is 11.4. The number of methoxy groups -OCH3 is 1. The number of ether oxygens (including phenoxy) is 1. The minimum atomic E-state index is -4.29. The Morgan fingerprint density at radius 2 is 2.00 bits per heavy atom. The number of thiazole rings is 1. The smallest absolute Gasteiger partial charge is 0.299 e. The van der Waals surface area contributed by atoms with E-state index < -0.39 is 28.1 Å². The number of nitrogens with two attached hydrogens (primary N) is 1. The van der Waals surface area contributed by atoms with Crippen molar-refractivity contribution in [1.82, 2.24) is 19.6 Å². The zero-order valence-corrected chi connectivity index (χ0v) is 22.6. The zero-order valence-electron chi connectivity index (χ0n) is 21.0. The summed E-state index contributed by atoms with van der Waals surface area (Å²) in [7, 11) is -2.82. The molecule has 0 saturated carbocycles. The van der Waals surface area contributed by atoms with Gasteiger partial charge in [0.25, 0.3) is 22.0 Å². The van der Waals surface area contributed by atoms with Crippen LogP contribution in [-0.4, -0.2) is 53.9 Å². The van der Waals surface area contributed by atoms with E-state index in [1.54, 1.807) is 42.8 Å². The minimum Gasteiger partial charge on any atom is -0.495 e. The fourth-order valence-corrected chi connectivity index (χ4v) is 4.97. The molecule has 11 nitrogen and oxygen atoms in total. The Kier molecular flexibility index (Phi) is 9.49. The van der Waals surface area contributed by atoms with Crippen LogP contribution in [0.4, 0.5) is 4.39 Å². The summed E-state index contributed by atoms with van der Waals surface area (Å²) in [6.07, 6.45) is 0.491. The molecule has 0 radical (unpaired) electrons. The van der Waals surface area contributed by atoms with Crippen molar-refractivity contribution in [3.8, 4) is 5.75 Å². The summed E-state index contributed by atoms with van der Waals surface area (Å²) < 4.78 is 43.6. The summed E-state index contributed by atoms with van der Waals surface area (Å²) in [6.45, 7) is 3.29. The molecule has 0 aliphatic heterocycles. The number of aryl methyl sites for hydroxylation is 3. The van der Waals surface area contributed by atoms with Crippen molar-refractivity contribution in [1.29, 1.82) is 0 Å². The van der Waals surface area contributed by atoms with Crippen molar-refractivity contribution < 1.29 is 32.2 Å². The summed E-state index contributed by atoms with van der Waals surface area (Å²) in [6, 6.07) is 8.12. The first kappa shape index (κ1) is 29.1. The maximum atomic E-state index is 14.4. The first-order chi connectivity index (χ1) is 17.9. The van der Waals surface area contributed by atoms with Gasteiger partial charge in [-0.15, -0.1) is 11.3 Å². The van der Waals surface area contributed by atoms with Crippen LogP contribution >= 0.6 is 11.3 Å². The second-order valence-corrected chi connectivity index (χ2v) is 11.0. The van der Waals surface area contributed by atoms with Gasteiger partial charge in [0.05, 0.1) is 25.5 Å². The van der Waals surface area contributed by atoms with Crippen molar-refractivity contribution in [2.45, 2.75) is 39.3 Å². The van der Waals surface area contributed by atoms with Crippen LogP contribution in [0.3, 0.4) is 0 Å². The number of halogens is 1. The third kappa shape index (κ3) is 7.54. The Hall–Kier alpha value is -3.46. The van der Waals surface area contributed by atoms with Crippen molar-refractivity contribution >= 4 is 33.4 Å². The van der Waals surface area contributed by atoms with E-state index in [-0.39, 0.29) is 30.3 Å². The van der Waals surface area contributed by atoms with E-state index >= 15 is 0 Å². The predicted octanol–water partition coefficient (Wildman–Crippen LogP) is 1.93. The van der Waals surface area contributed by atoms with Gasteiger partial charge in [-0.2, -0.15) is 8.42 Å². The number of nitrogens with one attached hydrogen (secondary N) is 1. The first-order valence-corrected chi connectivity index (χ1v) is 13.8. The van der Waals surface area contributed by atoms with Gasteiger partial charge in [0.1, 0.15) is 22.3 Å². The minimum absolute atomic E-state index is 0.0868. The number of carbonyl (C=O) groups excluding carboxylic acids is 2. The Bertz CT molecular complexity index is 1410. The van der Waals surface area contributed by atoms with Gasteiger partial charge in [-0.05, 0) is 49.9 Å². The highest BCUT2D eigenvalue weighted by Gasteiger charge is 2.27. The van der Waals surface area contributed by atoms with Crippen LogP contribution in [0.5, 0.6) is 5.75 Å². The van der Waals surface area contributed by atoms with Crippen LogP contribution < -0.4 is 14.6 Å². The van der Waals surface area contributed by atoms with E-state index in [0.717, 1.165) is 11.3 Å². The van der Waals surface area contributed by atoms with Crippen LogP contribution in [0.2, 0.25) is 0 Å². The maximum Gasteiger partial charge on any atom is 0.299 e. The summed E-state index contributed by atoms with van der Waals surface area (Å²) in [5.41, 5.74) is 0.974. The number of carbonyl (C=O) groups is 2. The lowest BCUT2D eigenvalue weighted by atomic mass is 10.1. The van der Waals surface area contributed by atoms with Crippen LogP contribution in [0.15, 0.2) is 36.5 Å². The molecule has 14 heteroatoms. The molecular formula is C24H28FN5O6S2. The van der Waals surface area contributed by atoms with E-state index in [4.69, 9.17) is 9.88 Å². The van der Waals surface area contributed by atoms with Gasteiger partial charge in [-0.1, -0.05) is 18.2 Å². The van der Waals surface area contributed by atoms with Crippen LogP contribution in [-0.2, 0) is 28.0 Å². The number of pyridine rings is 1. The number of hydrogen-bond donors (Lipinski definition) is 3. The third-order valence-corrected chi connectivity index (χ3v) is 7.01. The molecule has 0 aliphatic rings. The number of amides is 2. The van der Waals surface area contributed by atoms with Gasteiger partial charge in [0, 0.05) is 11.4 Å². The molecule has 0 fully saturated rings. The maximum absolute atomic E-state index is 14.4. The molecule has 0 aliphatic carbocycles. The lowest BCUT2D eigenvalue weighted by Crippen LogP contribution is -2.37. The molecule has 38 heavy (non-hydrogen) atoms. The van der Waals surface area contributed by atoms with E-state index in [0.29, 0.717) is 39.6 Å². The number of hydrogen-bond acceptors (Lipinski definition) is 9. The van der Waals surface area contributed by atoms with Gasteiger partial charge in [-0.3, -0.25) is 14.6 Å². The fraction of sp³-hybridized carbons (Fsp3) is 0.333. The van der Waals surface area contributed by atoms with Crippen LogP contribution in [0.1, 0.15) is 49.7 Å². The summed E-state index contributed by atoms with van der Waals surface area (Å²) >= 11 is 1.09. The van der Waals surface area contributed by atoms with E-state index in [9.17, 15) is 27.5 Å². The Labute approximate surface area is 223 Å². The molecule has 2 aromatic heterocycles. The second-order valence-electron chi connectivity index (χ2n) is 8.43. The Morgan fingerprint density at radius 3 is 2.63 bits per heavy atom. The van der Waals surface area contributed by atoms with Gasteiger partial charge in [-0.25, -0.2) is 19.2 Å². The highest BCUT2D eigenvalue weighted by atomic mass is 32.2. The molecule has 4 N–H and O–H groups in total. The van der Waals surface area contributed by atoms with E-state index in [1.807, 2.05) is 0 Å².